The van der Waals surface area contributed by atoms with Crippen molar-refractivity contribution in [2.75, 3.05) is 36.4 Å². The molecule has 0 aliphatic carbocycles. The minimum atomic E-state index is -0.00642. The maximum absolute atomic E-state index is 13.2. The largest absolute Gasteiger partial charge is 0.352 e. The lowest BCUT2D eigenvalue weighted by atomic mass is 10.1. The molecule has 1 N–H and O–H groups in total. The van der Waals surface area contributed by atoms with E-state index in [0.717, 1.165) is 28.5 Å². The van der Waals surface area contributed by atoms with Crippen molar-refractivity contribution in [3.8, 4) is 11.3 Å². The van der Waals surface area contributed by atoms with Gasteiger partial charge in [-0.05, 0) is 36.8 Å². The molecule has 1 amide bonds. The number of rotatable bonds is 5. The van der Waals surface area contributed by atoms with Gasteiger partial charge in [0.25, 0.3) is 5.91 Å². The van der Waals surface area contributed by atoms with Crippen molar-refractivity contribution in [3.63, 3.8) is 0 Å². The highest BCUT2D eigenvalue weighted by Crippen LogP contribution is 2.21. The summed E-state index contributed by atoms with van der Waals surface area (Å²) < 4.78 is 1.66. The van der Waals surface area contributed by atoms with Gasteiger partial charge in [0, 0.05) is 45.0 Å². The van der Waals surface area contributed by atoms with E-state index in [2.05, 4.69) is 30.5 Å². The minimum Gasteiger partial charge on any atom is -0.352 e. The van der Waals surface area contributed by atoms with Gasteiger partial charge < -0.3 is 15.1 Å². The first kappa shape index (κ1) is 21.6. The van der Waals surface area contributed by atoms with Crippen molar-refractivity contribution in [2.45, 2.75) is 6.92 Å². The number of carbonyl (C=O) groups excluding carboxylic acids is 1. The van der Waals surface area contributed by atoms with Crippen LogP contribution >= 0.6 is 0 Å². The van der Waals surface area contributed by atoms with E-state index in [1.165, 1.54) is 0 Å². The number of nitrogens with zero attached hydrogens (tertiary/aromatic N) is 7. The van der Waals surface area contributed by atoms with E-state index in [1.807, 2.05) is 79.5 Å². The molecule has 4 heterocycles. The monoisotopic (exact) mass is 454 g/mol. The van der Waals surface area contributed by atoms with Gasteiger partial charge >= 0.3 is 0 Å². The van der Waals surface area contributed by atoms with Crippen LogP contribution in [-0.4, -0.2) is 61.9 Å². The molecule has 3 aromatic heterocycles. The van der Waals surface area contributed by atoms with Crippen LogP contribution in [0.3, 0.4) is 0 Å². The van der Waals surface area contributed by atoms with Gasteiger partial charge in [0.15, 0.2) is 11.6 Å². The van der Waals surface area contributed by atoms with Crippen LogP contribution in [0, 0.1) is 6.92 Å². The van der Waals surface area contributed by atoms with E-state index < -0.39 is 0 Å². The van der Waals surface area contributed by atoms with E-state index in [-0.39, 0.29) is 5.91 Å². The van der Waals surface area contributed by atoms with E-state index in [0.29, 0.717) is 37.7 Å². The molecule has 1 aliphatic heterocycles. The zero-order valence-corrected chi connectivity index (χ0v) is 19.2. The van der Waals surface area contributed by atoms with Crippen LogP contribution in [0.25, 0.3) is 11.3 Å². The molecule has 1 aromatic carbocycles. The smallest absolute Gasteiger partial charge is 0.272 e. The quantitative estimate of drug-likeness (QED) is 0.495. The molecule has 34 heavy (non-hydrogen) atoms. The molecule has 172 valence electrons. The first-order valence-corrected chi connectivity index (χ1v) is 11.2. The molecule has 0 unspecified atom stereocenters. The summed E-state index contributed by atoms with van der Waals surface area (Å²) in [4.78, 5) is 21.5. The van der Waals surface area contributed by atoms with Crippen molar-refractivity contribution in [3.05, 3.63) is 78.1 Å². The first-order valence-electron chi connectivity index (χ1n) is 11.2. The molecule has 0 saturated carbocycles. The Kier molecular flexibility index (Phi) is 5.90. The highest BCUT2D eigenvalue weighted by atomic mass is 16.2. The SMILES string of the molecule is Cc1ccc(Nc2ccc(N3CCN(C(=O)c4cc(-c5ccccc5)nn4C)CC3)nn2)nc1. The van der Waals surface area contributed by atoms with Crippen LogP contribution in [0.4, 0.5) is 17.5 Å². The predicted molar refractivity (Wildman–Crippen MR) is 131 cm³/mol. The molecule has 0 spiro atoms. The number of nitrogens with one attached hydrogen (secondary N) is 1. The third kappa shape index (κ3) is 4.59. The van der Waals surface area contributed by atoms with Gasteiger partial charge in [-0.1, -0.05) is 36.4 Å². The summed E-state index contributed by atoms with van der Waals surface area (Å²) in [5.74, 6) is 2.15. The van der Waals surface area contributed by atoms with E-state index in [9.17, 15) is 4.79 Å². The Morgan fingerprint density at radius 3 is 2.35 bits per heavy atom. The zero-order chi connectivity index (χ0) is 23.5. The lowest BCUT2D eigenvalue weighted by Crippen LogP contribution is -2.49. The zero-order valence-electron chi connectivity index (χ0n) is 19.2. The Morgan fingerprint density at radius 1 is 0.912 bits per heavy atom. The van der Waals surface area contributed by atoms with Crippen molar-refractivity contribution >= 4 is 23.4 Å². The van der Waals surface area contributed by atoms with Gasteiger partial charge in [-0.3, -0.25) is 9.48 Å². The van der Waals surface area contributed by atoms with Crippen LogP contribution < -0.4 is 10.2 Å². The van der Waals surface area contributed by atoms with E-state index in [1.54, 1.807) is 10.9 Å². The average Bonchev–Trinajstić information content (AvgIpc) is 3.28. The van der Waals surface area contributed by atoms with E-state index in [4.69, 9.17) is 0 Å². The first-order chi connectivity index (χ1) is 16.6. The number of benzene rings is 1. The summed E-state index contributed by atoms with van der Waals surface area (Å²) in [5.41, 5.74) is 3.49. The predicted octanol–water partition coefficient (Wildman–Crippen LogP) is 3.29. The molecule has 0 bridgehead atoms. The fourth-order valence-corrected chi connectivity index (χ4v) is 3.95. The second kappa shape index (κ2) is 9.30. The molecule has 4 aromatic rings. The van der Waals surface area contributed by atoms with Gasteiger partial charge in [-0.15, -0.1) is 10.2 Å². The van der Waals surface area contributed by atoms with Crippen molar-refractivity contribution < 1.29 is 4.79 Å². The number of aryl methyl sites for hydroxylation is 2. The summed E-state index contributed by atoms with van der Waals surface area (Å²) in [7, 11) is 1.81. The lowest BCUT2D eigenvalue weighted by molar-refractivity contribution is 0.0735. The topological polar surface area (TPSA) is 92.1 Å². The van der Waals surface area contributed by atoms with Crippen molar-refractivity contribution in [2.24, 2.45) is 7.05 Å². The molecule has 1 fully saturated rings. The number of hydrogen-bond acceptors (Lipinski definition) is 7. The second-order valence-corrected chi connectivity index (χ2v) is 8.31. The number of aromatic nitrogens is 5. The maximum atomic E-state index is 13.2. The number of anilines is 3. The highest BCUT2D eigenvalue weighted by molar-refractivity contribution is 5.94. The van der Waals surface area contributed by atoms with Crippen LogP contribution in [0.1, 0.15) is 16.1 Å². The third-order valence-electron chi connectivity index (χ3n) is 5.88. The Balaban J connectivity index is 1.20. The van der Waals surface area contributed by atoms with Crippen LogP contribution in [0.5, 0.6) is 0 Å². The molecule has 0 atom stereocenters. The van der Waals surface area contributed by atoms with Crippen LogP contribution in [-0.2, 0) is 7.05 Å². The molecule has 1 saturated heterocycles. The molecular formula is C25H26N8O. The number of amides is 1. The van der Waals surface area contributed by atoms with Crippen molar-refractivity contribution in [1.82, 2.24) is 29.9 Å². The van der Waals surface area contributed by atoms with Gasteiger partial charge in [0.2, 0.25) is 0 Å². The fraction of sp³-hybridized carbons (Fsp3) is 0.240. The Hall–Kier alpha value is -4.27. The third-order valence-corrected chi connectivity index (χ3v) is 5.88. The number of hydrogen-bond donors (Lipinski definition) is 1. The number of piperazine rings is 1. The van der Waals surface area contributed by atoms with Crippen LogP contribution in [0.2, 0.25) is 0 Å². The van der Waals surface area contributed by atoms with Crippen molar-refractivity contribution in [1.29, 1.82) is 0 Å². The highest BCUT2D eigenvalue weighted by Gasteiger charge is 2.25. The summed E-state index contributed by atoms with van der Waals surface area (Å²) in [6.45, 7) is 4.60. The second-order valence-electron chi connectivity index (χ2n) is 8.31. The molecule has 1 aliphatic rings. The summed E-state index contributed by atoms with van der Waals surface area (Å²) in [6, 6.07) is 19.5. The molecule has 9 heteroatoms. The van der Waals surface area contributed by atoms with Gasteiger partial charge in [0.1, 0.15) is 11.5 Å². The van der Waals surface area contributed by atoms with Crippen LogP contribution in [0.15, 0.2) is 66.9 Å². The molecule has 9 nitrogen and oxygen atoms in total. The Labute approximate surface area is 198 Å². The molecular weight excluding hydrogens is 428 g/mol. The Morgan fingerprint density at radius 2 is 1.68 bits per heavy atom. The fourth-order valence-electron chi connectivity index (χ4n) is 3.95. The summed E-state index contributed by atoms with van der Waals surface area (Å²) >= 11 is 0. The summed E-state index contributed by atoms with van der Waals surface area (Å²) in [5, 5.41) is 16.3. The average molecular weight is 455 g/mol. The number of carbonyl (C=O) groups is 1. The van der Waals surface area contributed by atoms with Gasteiger partial charge in [0.05, 0.1) is 5.69 Å². The minimum absolute atomic E-state index is 0.00642. The Bertz CT molecular complexity index is 1260. The normalized spacial score (nSPS) is 13.7. The van der Waals surface area contributed by atoms with Gasteiger partial charge in [-0.25, -0.2) is 4.98 Å². The van der Waals surface area contributed by atoms with Gasteiger partial charge in [-0.2, -0.15) is 5.10 Å². The summed E-state index contributed by atoms with van der Waals surface area (Å²) in [6.07, 6.45) is 1.80. The molecule has 0 radical (unpaired) electrons. The van der Waals surface area contributed by atoms with E-state index >= 15 is 0 Å². The molecule has 5 rings (SSSR count). The number of pyridine rings is 1. The maximum Gasteiger partial charge on any atom is 0.272 e. The lowest BCUT2D eigenvalue weighted by Gasteiger charge is -2.35. The standard InChI is InChI=1S/C25H26N8O/c1-18-8-9-22(26-17-18)27-23-10-11-24(29-28-23)32-12-14-33(15-13-32)25(34)21-16-20(30-31(21)2)19-6-4-3-5-7-19/h3-11,16-17H,12-15H2,1-2H3,(H,26,27,28).